The highest BCUT2D eigenvalue weighted by Crippen LogP contribution is 2.40. The Kier molecular flexibility index (Phi) is 6.37. The molecule has 2 aliphatic heterocycles. The Bertz CT molecular complexity index is 2060. The molecule has 0 saturated heterocycles. The second kappa shape index (κ2) is 10.4. The molecule has 0 spiro atoms. The Morgan fingerprint density at radius 3 is 1.55 bits per heavy atom. The van der Waals surface area contributed by atoms with Crippen LogP contribution in [0.3, 0.4) is 0 Å². The standard InChI is InChI=1S/C34H26N8O2/c1-19-23(15-35)31-39-27-10-3-5-12-29(27)41(31)33(43)25(19)17-37-21-8-7-9-22(14-21)38-18-26-20(2)24(16-36)32-40-28-11-4-6-13-30(28)42(32)34(26)44/h3-14,17-18,33-34,37-38,43-44H,1-2H3. The molecular formula is C34H26N8O2. The summed E-state index contributed by atoms with van der Waals surface area (Å²) in [6, 6.07) is 27.0. The van der Waals surface area contributed by atoms with Gasteiger partial charge in [0.1, 0.15) is 12.1 Å². The number of imidazole rings is 2. The quantitative estimate of drug-likeness (QED) is 0.204. The molecule has 7 rings (SSSR count). The van der Waals surface area contributed by atoms with E-state index in [4.69, 9.17) is 0 Å². The molecule has 2 unspecified atom stereocenters. The molecule has 3 aromatic carbocycles. The lowest BCUT2D eigenvalue weighted by atomic mass is 9.97. The molecule has 2 aliphatic rings. The summed E-state index contributed by atoms with van der Waals surface area (Å²) in [6.45, 7) is 3.61. The number of rotatable bonds is 4. The number of nitriles is 2. The van der Waals surface area contributed by atoms with Crippen molar-refractivity contribution in [3.05, 3.63) is 119 Å². The van der Waals surface area contributed by atoms with Gasteiger partial charge in [-0.3, -0.25) is 9.13 Å². The summed E-state index contributed by atoms with van der Waals surface area (Å²) in [5, 5.41) is 49.1. The maximum absolute atomic E-state index is 11.4. The van der Waals surface area contributed by atoms with Gasteiger partial charge in [0.15, 0.2) is 24.1 Å². The first-order valence-corrected chi connectivity index (χ1v) is 14.0. The van der Waals surface area contributed by atoms with Crippen LogP contribution in [0, 0.1) is 22.7 Å². The van der Waals surface area contributed by atoms with Gasteiger partial charge in [-0.25, -0.2) is 9.97 Å². The van der Waals surface area contributed by atoms with Crippen molar-refractivity contribution in [1.82, 2.24) is 19.1 Å². The largest absolute Gasteiger partial charge is 0.369 e. The second-order valence-corrected chi connectivity index (χ2v) is 10.6. The highest BCUT2D eigenvalue weighted by Gasteiger charge is 2.32. The van der Waals surface area contributed by atoms with Crippen LogP contribution in [-0.4, -0.2) is 29.3 Å². The van der Waals surface area contributed by atoms with Crippen LogP contribution in [0.5, 0.6) is 0 Å². The summed E-state index contributed by atoms with van der Waals surface area (Å²) in [6.07, 6.45) is 1.34. The van der Waals surface area contributed by atoms with E-state index in [-0.39, 0.29) is 0 Å². The highest BCUT2D eigenvalue weighted by atomic mass is 16.3. The van der Waals surface area contributed by atoms with E-state index in [2.05, 4.69) is 32.7 Å². The second-order valence-electron chi connectivity index (χ2n) is 10.6. The van der Waals surface area contributed by atoms with Crippen LogP contribution >= 0.6 is 0 Å². The topological polar surface area (TPSA) is 148 Å². The van der Waals surface area contributed by atoms with E-state index in [9.17, 15) is 20.7 Å². The van der Waals surface area contributed by atoms with Crippen LogP contribution in [0.4, 0.5) is 11.4 Å². The van der Waals surface area contributed by atoms with Crippen molar-refractivity contribution < 1.29 is 10.2 Å². The molecule has 0 aliphatic carbocycles. The first kappa shape index (κ1) is 26.9. The monoisotopic (exact) mass is 578 g/mol. The van der Waals surface area contributed by atoms with E-state index in [0.29, 0.717) is 56.1 Å². The number of para-hydroxylation sites is 4. The predicted molar refractivity (Wildman–Crippen MR) is 168 cm³/mol. The summed E-state index contributed by atoms with van der Waals surface area (Å²) >= 11 is 0. The minimum atomic E-state index is -1.03. The first-order valence-electron chi connectivity index (χ1n) is 14.0. The van der Waals surface area contributed by atoms with Crippen LogP contribution in [0.1, 0.15) is 38.0 Å². The van der Waals surface area contributed by atoms with Gasteiger partial charge < -0.3 is 20.8 Å². The van der Waals surface area contributed by atoms with Gasteiger partial charge in [0.2, 0.25) is 0 Å². The van der Waals surface area contributed by atoms with Gasteiger partial charge in [0.25, 0.3) is 0 Å². The number of aliphatic hydroxyl groups is 2. The third-order valence-corrected chi connectivity index (χ3v) is 8.18. The first-order chi connectivity index (χ1) is 21.4. The summed E-state index contributed by atoms with van der Waals surface area (Å²) in [5.74, 6) is 0.888. The van der Waals surface area contributed by atoms with Crippen molar-refractivity contribution in [2.75, 3.05) is 10.6 Å². The van der Waals surface area contributed by atoms with Crippen molar-refractivity contribution in [1.29, 1.82) is 10.5 Å². The molecule has 10 heteroatoms. The molecule has 0 bridgehead atoms. The van der Waals surface area contributed by atoms with E-state index in [1.165, 1.54) is 0 Å². The maximum atomic E-state index is 11.4. The zero-order valence-corrected chi connectivity index (χ0v) is 23.8. The number of hydrogen-bond donors (Lipinski definition) is 4. The molecule has 4 N–H and O–H groups in total. The van der Waals surface area contributed by atoms with Gasteiger partial charge in [0.05, 0.1) is 33.2 Å². The van der Waals surface area contributed by atoms with Gasteiger partial charge in [-0.15, -0.1) is 0 Å². The molecule has 4 heterocycles. The van der Waals surface area contributed by atoms with Gasteiger partial charge in [-0.1, -0.05) is 30.3 Å². The lowest BCUT2D eigenvalue weighted by molar-refractivity contribution is 0.145. The van der Waals surface area contributed by atoms with Crippen molar-refractivity contribution in [2.45, 2.75) is 26.3 Å². The Balaban J connectivity index is 1.18. The van der Waals surface area contributed by atoms with Crippen molar-refractivity contribution >= 4 is 44.6 Å². The Morgan fingerprint density at radius 1 is 0.682 bits per heavy atom. The number of aromatic nitrogens is 4. The SMILES string of the molecule is CC1=C(C#N)c2nc3ccccc3n2C(O)C1=CNc1cccc(NC=C2C(C)=C(C#N)c3nc4ccccc4n3C2O)c1. The van der Waals surface area contributed by atoms with Gasteiger partial charge in [-0.05, 0) is 67.5 Å². The van der Waals surface area contributed by atoms with E-state index in [1.807, 2.05) is 72.8 Å². The number of fused-ring (bicyclic) bond motifs is 6. The van der Waals surface area contributed by atoms with Crippen LogP contribution in [-0.2, 0) is 0 Å². The molecule has 0 fully saturated rings. The summed E-state index contributed by atoms with van der Waals surface area (Å²) in [5.41, 5.74) is 7.56. The predicted octanol–water partition coefficient (Wildman–Crippen LogP) is 5.98. The minimum absolute atomic E-state index is 0.404. The van der Waals surface area contributed by atoms with Gasteiger partial charge in [-0.2, -0.15) is 10.5 Å². The summed E-state index contributed by atoms with van der Waals surface area (Å²) < 4.78 is 3.35. The number of anilines is 2. The minimum Gasteiger partial charge on any atom is -0.369 e. The maximum Gasteiger partial charge on any atom is 0.160 e. The van der Waals surface area contributed by atoms with Crippen LogP contribution in [0.15, 0.2) is 107 Å². The van der Waals surface area contributed by atoms with E-state index < -0.39 is 12.5 Å². The fraction of sp³-hybridized carbons (Fsp3) is 0.118. The normalized spacial score (nSPS) is 19.7. The van der Waals surface area contributed by atoms with Gasteiger partial charge >= 0.3 is 0 Å². The Hall–Kier alpha value is -5.94. The molecule has 0 saturated carbocycles. The lowest BCUT2D eigenvalue weighted by Crippen LogP contribution is -2.20. The van der Waals surface area contributed by atoms with Crippen LogP contribution < -0.4 is 10.6 Å². The third kappa shape index (κ3) is 4.09. The van der Waals surface area contributed by atoms with E-state index in [0.717, 1.165) is 22.4 Å². The molecule has 0 amide bonds. The number of nitrogens with zero attached hydrogens (tertiary/aromatic N) is 6. The van der Waals surface area contributed by atoms with Crippen molar-refractivity contribution in [3.8, 4) is 12.1 Å². The fourth-order valence-corrected chi connectivity index (χ4v) is 5.88. The average molecular weight is 579 g/mol. The molecule has 10 nitrogen and oxygen atoms in total. The summed E-state index contributed by atoms with van der Waals surface area (Å²) in [7, 11) is 0. The number of hydrogen-bond acceptors (Lipinski definition) is 8. The molecule has 2 atom stereocenters. The van der Waals surface area contributed by atoms with Crippen molar-refractivity contribution in [2.24, 2.45) is 0 Å². The van der Waals surface area contributed by atoms with Crippen molar-refractivity contribution in [3.63, 3.8) is 0 Å². The van der Waals surface area contributed by atoms with Crippen LogP contribution in [0.25, 0.3) is 33.2 Å². The molecule has 214 valence electrons. The number of benzene rings is 3. The zero-order valence-electron chi connectivity index (χ0n) is 23.8. The zero-order chi connectivity index (χ0) is 30.5. The fourth-order valence-electron chi connectivity index (χ4n) is 5.88. The Morgan fingerprint density at radius 2 is 1.11 bits per heavy atom. The highest BCUT2D eigenvalue weighted by molar-refractivity contribution is 5.89. The molecule has 5 aromatic rings. The van der Waals surface area contributed by atoms with E-state index >= 15 is 0 Å². The summed E-state index contributed by atoms with van der Waals surface area (Å²) in [4.78, 5) is 9.18. The third-order valence-electron chi connectivity index (χ3n) is 8.18. The molecule has 0 radical (unpaired) electrons. The smallest absolute Gasteiger partial charge is 0.160 e. The van der Waals surface area contributed by atoms with Crippen LogP contribution in [0.2, 0.25) is 0 Å². The molecule has 44 heavy (non-hydrogen) atoms. The number of aliphatic hydroxyl groups excluding tert-OH is 2. The van der Waals surface area contributed by atoms with Gasteiger partial charge in [0, 0.05) is 34.9 Å². The van der Waals surface area contributed by atoms with E-state index in [1.54, 1.807) is 35.4 Å². The molecular weight excluding hydrogens is 552 g/mol. The average Bonchev–Trinajstić information content (AvgIpc) is 3.61. The number of nitrogens with one attached hydrogen (secondary N) is 2. The Labute approximate surface area is 252 Å². The lowest BCUT2D eigenvalue weighted by Gasteiger charge is -2.26. The molecule has 2 aromatic heterocycles. The number of allylic oxidation sites excluding steroid dienone is 2.